The van der Waals surface area contributed by atoms with Gasteiger partial charge in [-0.15, -0.1) is 0 Å². The van der Waals surface area contributed by atoms with Crippen molar-refractivity contribution in [3.63, 3.8) is 0 Å². The van der Waals surface area contributed by atoms with Gasteiger partial charge in [0.15, 0.2) is 0 Å². The minimum atomic E-state index is -0.809. The number of fused-ring (bicyclic) bond motifs is 1. The molecule has 1 aromatic carbocycles. The number of nitrogens with zero attached hydrogens (tertiary/aromatic N) is 4. The smallest absolute Gasteiger partial charge is 0.322 e. The van der Waals surface area contributed by atoms with Crippen LogP contribution in [0.4, 0.5) is 25.1 Å². The Hall–Kier alpha value is -2.81. The number of hydrogen-bond donors (Lipinski definition) is 1. The Kier molecular flexibility index (Phi) is 5.55. The minimum absolute atomic E-state index is 0.0524. The Morgan fingerprint density at radius 2 is 1.93 bits per heavy atom. The Labute approximate surface area is 174 Å². The average molecular weight is 417 g/mol. The predicted octanol–water partition coefficient (Wildman–Crippen LogP) is 3.27. The first-order valence-electron chi connectivity index (χ1n) is 10.1. The monoisotopic (exact) mass is 417 g/mol. The molecule has 4 rings (SSSR count). The van der Waals surface area contributed by atoms with Crippen LogP contribution in [0.15, 0.2) is 18.2 Å². The van der Waals surface area contributed by atoms with E-state index in [2.05, 4.69) is 20.2 Å². The molecular weight excluding hydrogens is 392 g/mol. The molecule has 1 N–H and O–H groups in total. The van der Waals surface area contributed by atoms with Crippen LogP contribution >= 0.6 is 0 Å². The highest BCUT2D eigenvalue weighted by molar-refractivity contribution is 5.89. The van der Waals surface area contributed by atoms with E-state index in [1.165, 1.54) is 6.07 Å². The first kappa shape index (κ1) is 20.5. The van der Waals surface area contributed by atoms with Crippen molar-refractivity contribution in [3.05, 3.63) is 46.9 Å². The number of anilines is 2. The molecule has 7 nitrogen and oxygen atoms in total. The van der Waals surface area contributed by atoms with Gasteiger partial charge in [0, 0.05) is 37.7 Å². The second kappa shape index (κ2) is 8.14. The summed E-state index contributed by atoms with van der Waals surface area (Å²) >= 11 is 0. The number of carbonyl (C=O) groups excluding carboxylic acids is 1. The fourth-order valence-electron chi connectivity index (χ4n) is 4.09. The molecule has 160 valence electrons. The Morgan fingerprint density at radius 3 is 2.63 bits per heavy atom. The van der Waals surface area contributed by atoms with Gasteiger partial charge in [0.2, 0.25) is 0 Å². The van der Waals surface area contributed by atoms with Crippen LogP contribution in [0.1, 0.15) is 30.9 Å². The number of carbonyl (C=O) groups is 1. The van der Waals surface area contributed by atoms with E-state index in [0.717, 1.165) is 29.2 Å². The van der Waals surface area contributed by atoms with Gasteiger partial charge in [-0.3, -0.25) is 0 Å². The molecule has 2 aromatic rings. The van der Waals surface area contributed by atoms with Gasteiger partial charge in [0.25, 0.3) is 0 Å². The van der Waals surface area contributed by atoms with Gasteiger partial charge >= 0.3 is 6.03 Å². The minimum Gasteiger partial charge on any atom is -0.372 e. The van der Waals surface area contributed by atoms with Gasteiger partial charge in [0.05, 0.1) is 30.1 Å². The zero-order valence-electron chi connectivity index (χ0n) is 17.3. The zero-order chi connectivity index (χ0) is 21.4. The molecule has 2 amide bonds. The Balaban J connectivity index is 1.57. The third-order valence-electron chi connectivity index (χ3n) is 5.33. The summed E-state index contributed by atoms with van der Waals surface area (Å²) < 4.78 is 32.9. The number of morpholine rings is 1. The summed E-state index contributed by atoms with van der Waals surface area (Å²) in [5.74, 6) is 0.0204. The third-order valence-corrected chi connectivity index (χ3v) is 5.33. The predicted molar refractivity (Wildman–Crippen MR) is 108 cm³/mol. The van der Waals surface area contributed by atoms with Crippen LogP contribution in [-0.4, -0.2) is 52.7 Å². The number of urea groups is 1. The summed E-state index contributed by atoms with van der Waals surface area (Å²) in [6, 6.07) is 2.63. The summed E-state index contributed by atoms with van der Waals surface area (Å²) in [6.45, 7) is 8.11. The maximum Gasteiger partial charge on any atom is 0.322 e. The summed E-state index contributed by atoms with van der Waals surface area (Å²) in [5.41, 5.74) is 1.78. The second-order valence-corrected chi connectivity index (χ2v) is 7.91. The number of ether oxygens (including phenoxy) is 1. The maximum atomic E-state index is 13.9. The molecule has 30 heavy (non-hydrogen) atoms. The van der Waals surface area contributed by atoms with Crippen LogP contribution in [0.25, 0.3) is 0 Å². The SMILES string of the molecule is Cc1nc2c(c(N3C[C@H](C)O[C@@H](C)C3)n1)CN(C(=O)Nc1ccc(F)cc1F)CC2. The highest BCUT2D eigenvalue weighted by Gasteiger charge is 2.30. The average Bonchev–Trinajstić information content (AvgIpc) is 2.68. The van der Waals surface area contributed by atoms with Crippen LogP contribution in [0.2, 0.25) is 0 Å². The van der Waals surface area contributed by atoms with Gasteiger partial charge in [-0.2, -0.15) is 0 Å². The van der Waals surface area contributed by atoms with E-state index in [1.807, 2.05) is 20.8 Å². The molecule has 3 heterocycles. The number of rotatable bonds is 2. The van der Waals surface area contributed by atoms with Crippen LogP contribution in [0, 0.1) is 18.6 Å². The lowest BCUT2D eigenvalue weighted by Gasteiger charge is -2.38. The van der Waals surface area contributed by atoms with Crippen molar-refractivity contribution in [2.75, 3.05) is 29.9 Å². The molecule has 1 saturated heterocycles. The molecule has 1 aromatic heterocycles. The number of amides is 2. The molecule has 9 heteroatoms. The van der Waals surface area contributed by atoms with Gasteiger partial charge < -0.3 is 19.9 Å². The maximum absolute atomic E-state index is 13.9. The lowest BCUT2D eigenvalue weighted by molar-refractivity contribution is -0.00558. The lowest BCUT2D eigenvalue weighted by atomic mass is 10.0. The number of hydrogen-bond acceptors (Lipinski definition) is 5. The quantitative estimate of drug-likeness (QED) is 0.812. The summed E-state index contributed by atoms with van der Waals surface area (Å²) in [4.78, 5) is 25.8. The van der Waals surface area contributed by atoms with E-state index in [1.54, 1.807) is 4.90 Å². The van der Waals surface area contributed by atoms with Crippen molar-refractivity contribution in [1.82, 2.24) is 14.9 Å². The van der Waals surface area contributed by atoms with Crippen molar-refractivity contribution < 1.29 is 18.3 Å². The van der Waals surface area contributed by atoms with E-state index in [9.17, 15) is 13.6 Å². The number of aryl methyl sites for hydroxylation is 1. The fraction of sp³-hybridized carbons (Fsp3) is 0.476. The Morgan fingerprint density at radius 1 is 1.20 bits per heavy atom. The van der Waals surface area contributed by atoms with Gasteiger partial charge in [-0.1, -0.05) is 0 Å². The first-order valence-corrected chi connectivity index (χ1v) is 10.1. The number of aromatic nitrogens is 2. The molecule has 0 radical (unpaired) electrons. The van der Waals surface area contributed by atoms with E-state index in [-0.39, 0.29) is 17.9 Å². The summed E-state index contributed by atoms with van der Waals surface area (Å²) in [7, 11) is 0. The molecule has 0 aliphatic carbocycles. The molecule has 0 unspecified atom stereocenters. The molecule has 2 aliphatic rings. The molecule has 0 bridgehead atoms. The molecule has 2 atom stereocenters. The topological polar surface area (TPSA) is 70.6 Å². The van der Waals surface area contributed by atoms with Crippen molar-refractivity contribution in [3.8, 4) is 0 Å². The molecular formula is C21H25F2N5O2. The number of nitrogens with one attached hydrogen (secondary N) is 1. The van der Waals surface area contributed by atoms with Gasteiger partial charge in [0.1, 0.15) is 23.3 Å². The van der Waals surface area contributed by atoms with E-state index in [4.69, 9.17) is 4.74 Å². The Bertz CT molecular complexity index is 961. The number of halogens is 2. The van der Waals surface area contributed by atoms with Crippen molar-refractivity contribution in [2.24, 2.45) is 0 Å². The third kappa shape index (κ3) is 4.21. The van der Waals surface area contributed by atoms with Crippen LogP contribution in [-0.2, 0) is 17.7 Å². The van der Waals surface area contributed by atoms with Crippen LogP contribution < -0.4 is 10.2 Å². The second-order valence-electron chi connectivity index (χ2n) is 7.91. The molecule has 0 spiro atoms. The van der Waals surface area contributed by atoms with Gasteiger partial charge in [-0.25, -0.2) is 23.5 Å². The molecule has 0 saturated carbocycles. The van der Waals surface area contributed by atoms with E-state index >= 15 is 0 Å². The highest BCUT2D eigenvalue weighted by atomic mass is 19.1. The van der Waals surface area contributed by atoms with Crippen molar-refractivity contribution in [2.45, 2.75) is 45.9 Å². The van der Waals surface area contributed by atoms with E-state index < -0.39 is 17.7 Å². The standard InChI is InChI=1S/C21H25F2N5O2/c1-12-9-28(10-13(2)30-12)20-16-11-27(7-6-18(16)24-14(3)25-20)21(29)26-19-5-4-15(22)8-17(19)23/h4-5,8,12-13H,6-7,9-11H2,1-3H3,(H,26,29)/t12-,13-/m0/s1. The largest absolute Gasteiger partial charge is 0.372 e. The molecule has 2 aliphatic heterocycles. The summed E-state index contributed by atoms with van der Waals surface area (Å²) in [5, 5.41) is 2.53. The summed E-state index contributed by atoms with van der Waals surface area (Å²) in [6.07, 6.45) is 0.730. The zero-order valence-corrected chi connectivity index (χ0v) is 17.3. The van der Waals surface area contributed by atoms with Gasteiger partial charge in [-0.05, 0) is 32.9 Å². The molecule has 1 fully saturated rings. The lowest BCUT2D eigenvalue weighted by Crippen LogP contribution is -2.47. The highest BCUT2D eigenvalue weighted by Crippen LogP contribution is 2.29. The van der Waals surface area contributed by atoms with Crippen LogP contribution in [0.5, 0.6) is 0 Å². The normalized spacial score (nSPS) is 21.4. The van der Waals surface area contributed by atoms with Crippen molar-refractivity contribution >= 4 is 17.5 Å². The van der Waals surface area contributed by atoms with Crippen molar-refractivity contribution in [1.29, 1.82) is 0 Å². The van der Waals surface area contributed by atoms with Crippen LogP contribution in [0.3, 0.4) is 0 Å². The van der Waals surface area contributed by atoms with E-state index in [0.29, 0.717) is 38.4 Å². The fourth-order valence-corrected chi connectivity index (χ4v) is 4.09. The first-order chi connectivity index (χ1) is 14.3. The number of benzene rings is 1.